The van der Waals surface area contributed by atoms with Crippen molar-refractivity contribution in [3.8, 4) is 5.75 Å². The molecular formula is C18H20O2. The van der Waals surface area contributed by atoms with Gasteiger partial charge in [0.2, 0.25) is 0 Å². The van der Waals surface area contributed by atoms with Gasteiger partial charge in [-0.15, -0.1) is 0 Å². The highest BCUT2D eigenvalue weighted by Gasteiger charge is 2.11. The third-order valence-corrected chi connectivity index (χ3v) is 3.37. The molecule has 0 fully saturated rings. The number of hydrogen-bond acceptors (Lipinski definition) is 2. The monoisotopic (exact) mass is 268 g/mol. The Labute approximate surface area is 120 Å². The molecule has 0 aliphatic rings. The molecule has 0 heterocycles. The van der Waals surface area contributed by atoms with Gasteiger partial charge < -0.3 is 4.74 Å². The molecule has 0 aliphatic carbocycles. The van der Waals surface area contributed by atoms with Crippen molar-refractivity contribution in [2.75, 3.05) is 0 Å². The zero-order chi connectivity index (χ0) is 14.5. The average molecular weight is 268 g/mol. The van der Waals surface area contributed by atoms with Gasteiger partial charge in [0.15, 0.2) is 5.78 Å². The Hall–Kier alpha value is -2.09. The highest BCUT2D eigenvalue weighted by atomic mass is 16.5. The number of hydrogen-bond donors (Lipinski definition) is 0. The molecule has 0 saturated heterocycles. The van der Waals surface area contributed by atoms with Crippen LogP contribution in [0.25, 0.3) is 0 Å². The Morgan fingerprint density at radius 1 is 1.15 bits per heavy atom. The number of carbonyl (C=O) groups excluding carboxylic acids is 1. The second kappa shape index (κ2) is 6.38. The summed E-state index contributed by atoms with van der Waals surface area (Å²) in [5, 5.41) is 0. The van der Waals surface area contributed by atoms with Crippen LogP contribution >= 0.6 is 0 Å². The van der Waals surface area contributed by atoms with Crippen molar-refractivity contribution in [1.29, 1.82) is 0 Å². The molecule has 0 atom stereocenters. The van der Waals surface area contributed by atoms with Gasteiger partial charge in [0.25, 0.3) is 0 Å². The van der Waals surface area contributed by atoms with E-state index >= 15 is 0 Å². The predicted molar refractivity (Wildman–Crippen MR) is 81.3 cm³/mol. The number of benzene rings is 2. The van der Waals surface area contributed by atoms with Crippen molar-refractivity contribution in [3.05, 3.63) is 64.7 Å². The van der Waals surface area contributed by atoms with Gasteiger partial charge in [-0.3, -0.25) is 4.79 Å². The fourth-order valence-corrected chi connectivity index (χ4v) is 2.43. The van der Waals surface area contributed by atoms with Crippen LogP contribution < -0.4 is 4.74 Å². The summed E-state index contributed by atoms with van der Waals surface area (Å²) in [6.45, 7) is 6.18. The quantitative estimate of drug-likeness (QED) is 0.754. The molecule has 2 aromatic carbocycles. The average Bonchev–Trinajstić information content (AvgIpc) is 2.45. The Bertz CT molecular complexity index is 600. The van der Waals surface area contributed by atoms with Gasteiger partial charge in [-0.1, -0.05) is 37.3 Å². The predicted octanol–water partition coefficient (Wildman–Crippen LogP) is 4.34. The van der Waals surface area contributed by atoms with Crippen LogP contribution in [0.5, 0.6) is 5.75 Å². The molecule has 0 aliphatic heterocycles. The van der Waals surface area contributed by atoms with Crippen LogP contribution in [0, 0.1) is 6.92 Å². The van der Waals surface area contributed by atoms with Crippen LogP contribution in [0.3, 0.4) is 0 Å². The van der Waals surface area contributed by atoms with Crippen molar-refractivity contribution >= 4 is 5.78 Å². The minimum absolute atomic E-state index is 0.119. The van der Waals surface area contributed by atoms with E-state index in [2.05, 4.69) is 6.92 Å². The highest BCUT2D eigenvalue weighted by molar-refractivity contribution is 5.97. The summed E-state index contributed by atoms with van der Waals surface area (Å²) in [5.41, 5.74) is 4.01. The van der Waals surface area contributed by atoms with Crippen molar-refractivity contribution in [2.45, 2.75) is 33.8 Å². The number of carbonyl (C=O) groups is 1. The Balaban J connectivity index is 2.21. The SMILES string of the molecule is CCc1cc(OCc2ccccc2)cc(C)c1C(C)=O. The summed E-state index contributed by atoms with van der Waals surface area (Å²) in [5.74, 6) is 0.946. The summed E-state index contributed by atoms with van der Waals surface area (Å²) in [4.78, 5) is 11.7. The molecule has 0 unspecified atom stereocenters. The Morgan fingerprint density at radius 3 is 2.45 bits per heavy atom. The minimum atomic E-state index is 0.119. The number of Topliss-reactive ketones (excluding diaryl/α,β-unsaturated/α-hetero) is 1. The minimum Gasteiger partial charge on any atom is -0.489 e. The maximum atomic E-state index is 11.7. The summed E-state index contributed by atoms with van der Waals surface area (Å²) >= 11 is 0. The zero-order valence-electron chi connectivity index (χ0n) is 12.3. The van der Waals surface area contributed by atoms with Crippen molar-refractivity contribution in [1.82, 2.24) is 0 Å². The van der Waals surface area contributed by atoms with Crippen LogP contribution in [0.2, 0.25) is 0 Å². The first-order valence-electron chi connectivity index (χ1n) is 6.93. The molecule has 2 nitrogen and oxygen atoms in total. The molecule has 2 heteroatoms. The second-order valence-electron chi connectivity index (χ2n) is 4.96. The van der Waals surface area contributed by atoms with Gasteiger partial charge in [-0.25, -0.2) is 0 Å². The lowest BCUT2D eigenvalue weighted by atomic mass is 9.97. The van der Waals surface area contributed by atoms with E-state index in [0.29, 0.717) is 6.61 Å². The van der Waals surface area contributed by atoms with Gasteiger partial charge in [0.1, 0.15) is 12.4 Å². The number of ether oxygens (including phenoxy) is 1. The van der Waals surface area contributed by atoms with Gasteiger partial charge in [0.05, 0.1) is 0 Å². The van der Waals surface area contributed by atoms with E-state index in [1.165, 1.54) is 0 Å². The summed E-state index contributed by atoms with van der Waals surface area (Å²) in [6, 6.07) is 14.0. The first-order chi connectivity index (χ1) is 9.61. The van der Waals surface area contributed by atoms with Gasteiger partial charge in [0, 0.05) is 5.56 Å². The molecule has 0 radical (unpaired) electrons. The fourth-order valence-electron chi connectivity index (χ4n) is 2.43. The second-order valence-corrected chi connectivity index (χ2v) is 4.96. The molecule has 0 amide bonds. The molecule has 0 saturated carbocycles. The fraction of sp³-hybridized carbons (Fsp3) is 0.278. The summed E-state index contributed by atoms with van der Waals surface area (Å²) in [7, 11) is 0. The summed E-state index contributed by atoms with van der Waals surface area (Å²) in [6.07, 6.45) is 0.832. The van der Waals surface area contributed by atoms with E-state index in [4.69, 9.17) is 4.74 Å². The van der Waals surface area contributed by atoms with Crippen molar-refractivity contribution in [3.63, 3.8) is 0 Å². The molecule has 2 rings (SSSR count). The Kier molecular flexibility index (Phi) is 4.57. The van der Waals surface area contributed by atoms with Gasteiger partial charge in [-0.05, 0) is 49.1 Å². The van der Waals surface area contributed by atoms with Gasteiger partial charge in [-0.2, -0.15) is 0 Å². The molecule has 2 aromatic rings. The first kappa shape index (κ1) is 14.3. The summed E-state index contributed by atoms with van der Waals surface area (Å²) < 4.78 is 5.84. The maximum absolute atomic E-state index is 11.7. The maximum Gasteiger partial charge on any atom is 0.160 e. The molecule has 0 aromatic heterocycles. The normalized spacial score (nSPS) is 10.3. The molecular weight excluding hydrogens is 248 g/mol. The molecule has 0 N–H and O–H groups in total. The van der Waals surface area contributed by atoms with E-state index in [0.717, 1.165) is 34.4 Å². The standard InChI is InChI=1S/C18H20O2/c1-4-16-11-17(10-13(2)18(16)14(3)19)20-12-15-8-6-5-7-9-15/h5-11H,4,12H2,1-3H3. The van der Waals surface area contributed by atoms with E-state index in [1.54, 1.807) is 6.92 Å². The number of aryl methyl sites for hydroxylation is 2. The zero-order valence-corrected chi connectivity index (χ0v) is 12.3. The molecule has 104 valence electrons. The topological polar surface area (TPSA) is 26.3 Å². The lowest BCUT2D eigenvalue weighted by Crippen LogP contribution is -2.04. The van der Waals surface area contributed by atoms with Crippen LogP contribution in [0.15, 0.2) is 42.5 Å². The van der Waals surface area contributed by atoms with E-state index < -0.39 is 0 Å². The van der Waals surface area contributed by atoms with Crippen molar-refractivity contribution < 1.29 is 9.53 Å². The third-order valence-electron chi connectivity index (χ3n) is 3.37. The van der Waals surface area contributed by atoms with Crippen LogP contribution in [-0.4, -0.2) is 5.78 Å². The van der Waals surface area contributed by atoms with Crippen LogP contribution in [-0.2, 0) is 13.0 Å². The first-order valence-corrected chi connectivity index (χ1v) is 6.93. The smallest absolute Gasteiger partial charge is 0.160 e. The molecule has 0 bridgehead atoms. The largest absolute Gasteiger partial charge is 0.489 e. The lowest BCUT2D eigenvalue weighted by Gasteiger charge is -2.13. The van der Waals surface area contributed by atoms with E-state index in [9.17, 15) is 4.79 Å². The van der Waals surface area contributed by atoms with E-state index in [-0.39, 0.29) is 5.78 Å². The van der Waals surface area contributed by atoms with Gasteiger partial charge >= 0.3 is 0 Å². The lowest BCUT2D eigenvalue weighted by molar-refractivity contribution is 0.101. The number of rotatable bonds is 5. The highest BCUT2D eigenvalue weighted by Crippen LogP contribution is 2.24. The molecule has 20 heavy (non-hydrogen) atoms. The third kappa shape index (κ3) is 3.27. The molecule has 0 spiro atoms. The van der Waals surface area contributed by atoms with Crippen LogP contribution in [0.1, 0.15) is 40.9 Å². The Morgan fingerprint density at radius 2 is 1.85 bits per heavy atom. The van der Waals surface area contributed by atoms with Crippen molar-refractivity contribution in [2.24, 2.45) is 0 Å². The number of ketones is 1. The van der Waals surface area contributed by atoms with Crippen LogP contribution in [0.4, 0.5) is 0 Å². The van der Waals surface area contributed by atoms with E-state index in [1.807, 2.05) is 49.4 Å².